The second kappa shape index (κ2) is 12.3. The first kappa shape index (κ1) is 24.7. The number of phenols is 1. The second-order valence-electron chi connectivity index (χ2n) is 8.40. The Hall–Kier alpha value is -2.93. The molecule has 0 heterocycles. The van der Waals surface area contributed by atoms with Gasteiger partial charge in [0.05, 0.1) is 12.7 Å². The van der Waals surface area contributed by atoms with Crippen LogP contribution in [-0.4, -0.2) is 34.4 Å². The third-order valence-corrected chi connectivity index (χ3v) is 6.00. The van der Waals surface area contributed by atoms with E-state index in [0.29, 0.717) is 17.7 Å². The zero-order valence-corrected chi connectivity index (χ0v) is 18.8. The van der Waals surface area contributed by atoms with Crippen LogP contribution < -0.4 is 10.4 Å². The monoisotopic (exact) mass is 450 g/mol. The molecule has 176 valence electrons. The van der Waals surface area contributed by atoms with E-state index in [2.05, 4.69) is 11.4 Å². The Labute approximate surface area is 194 Å². The van der Waals surface area contributed by atoms with Crippen LogP contribution in [-0.2, 0) is 24.2 Å². The number of carbonyl (C=O) groups is 1. The summed E-state index contributed by atoms with van der Waals surface area (Å²) < 4.78 is 0. The number of aryl methyl sites for hydroxylation is 1. The number of unbranched alkanes of at least 4 members (excludes halogenated alkanes) is 3. The minimum atomic E-state index is -1.05. The summed E-state index contributed by atoms with van der Waals surface area (Å²) in [5.41, 5.74) is 3.01. The normalized spacial score (nSPS) is 12.2. The average molecular weight is 451 g/mol. The molecule has 0 amide bonds. The summed E-state index contributed by atoms with van der Waals surface area (Å²) in [5, 5.41) is 45.7. The molecule has 1 atom stereocenters. The molecule has 3 aromatic carbocycles. The van der Waals surface area contributed by atoms with Crippen LogP contribution in [0, 0.1) is 0 Å². The number of carboxylic acid groups (broad SMARTS) is 1. The highest BCUT2D eigenvalue weighted by atomic mass is 16.4. The third kappa shape index (κ3) is 7.02. The zero-order valence-electron chi connectivity index (χ0n) is 18.8. The van der Waals surface area contributed by atoms with E-state index in [1.54, 1.807) is 12.1 Å². The third-order valence-electron chi connectivity index (χ3n) is 6.00. The van der Waals surface area contributed by atoms with Crippen molar-refractivity contribution in [3.63, 3.8) is 0 Å². The van der Waals surface area contributed by atoms with E-state index < -0.39 is 12.1 Å². The maximum atomic E-state index is 11.3. The molecule has 0 spiro atoms. The maximum absolute atomic E-state index is 11.3. The van der Waals surface area contributed by atoms with E-state index in [9.17, 15) is 25.2 Å². The lowest BCUT2D eigenvalue weighted by molar-refractivity contribution is -0.304. The molecule has 0 saturated heterocycles. The van der Waals surface area contributed by atoms with Gasteiger partial charge in [0, 0.05) is 24.5 Å². The number of aliphatic carboxylic acids is 1. The number of fused-ring (bicyclic) bond motifs is 1. The van der Waals surface area contributed by atoms with Gasteiger partial charge in [0.25, 0.3) is 0 Å². The lowest BCUT2D eigenvalue weighted by Gasteiger charge is -2.14. The quantitative estimate of drug-likeness (QED) is 0.298. The number of benzene rings is 3. The van der Waals surface area contributed by atoms with Gasteiger partial charge in [0.2, 0.25) is 0 Å². The molecule has 1 unspecified atom stereocenters. The van der Waals surface area contributed by atoms with Crippen molar-refractivity contribution in [2.45, 2.75) is 51.2 Å². The molecule has 0 aliphatic carbocycles. The number of aliphatic hydroxyl groups excluding tert-OH is 2. The highest BCUT2D eigenvalue weighted by molar-refractivity contribution is 5.89. The van der Waals surface area contributed by atoms with Gasteiger partial charge in [-0.1, -0.05) is 55.3 Å². The number of carbonyl (C=O) groups excluding carboxylic acids is 1. The molecule has 33 heavy (non-hydrogen) atoms. The number of aromatic hydroxyl groups is 1. The first-order valence-corrected chi connectivity index (χ1v) is 11.5. The van der Waals surface area contributed by atoms with E-state index in [4.69, 9.17) is 0 Å². The highest BCUT2D eigenvalue weighted by Crippen LogP contribution is 2.25. The smallest absolute Gasteiger partial charge is 0.121 e. The van der Waals surface area contributed by atoms with Crippen molar-refractivity contribution in [3.05, 3.63) is 76.9 Å². The lowest BCUT2D eigenvalue weighted by atomic mass is 9.93. The summed E-state index contributed by atoms with van der Waals surface area (Å²) in [6.07, 6.45) is 4.12. The number of rotatable bonds is 13. The van der Waals surface area contributed by atoms with Crippen molar-refractivity contribution in [1.29, 1.82) is 0 Å². The molecule has 0 radical (unpaired) electrons. The fourth-order valence-corrected chi connectivity index (χ4v) is 4.18. The first-order valence-electron chi connectivity index (χ1n) is 11.5. The summed E-state index contributed by atoms with van der Waals surface area (Å²) in [4.78, 5) is 11.3. The second-order valence-corrected chi connectivity index (χ2v) is 8.40. The van der Waals surface area contributed by atoms with E-state index >= 15 is 0 Å². The van der Waals surface area contributed by atoms with Gasteiger partial charge in [-0.05, 0) is 65.4 Å². The van der Waals surface area contributed by atoms with Crippen LogP contribution in [0.1, 0.15) is 54.0 Å². The molecule has 0 aromatic heterocycles. The number of aliphatic hydroxyl groups is 2. The number of carboxylic acids is 1. The minimum absolute atomic E-state index is 0.0249. The minimum Gasteiger partial charge on any atom is -0.550 e. The molecule has 3 rings (SSSR count). The van der Waals surface area contributed by atoms with Gasteiger partial charge in [-0.2, -0.15) is 0 Å². The molecule has 0 saturated carbocycles. The molecule has 0 bridgehead atoms. The van der Waals surface area contributed by atoms with Crippen molar-refractivity contribution in [2.24, 2.45) is 0 Å². The average Bonchev–Trinajstić information content (AvgIpc) is 2.81. The van der Waals surface area contributed by atoms with Crippen LogP contribution in [0.3, 0.4) is 0 Å². The van der Waals surface area contributed by atoms with Crippen LogP contribution in [0.2, 0.25) is 0 Å². The van der Waals surface area contributed by atoms with Gasteiger partial charge in [-0.25, -0.2) is 0 Å². The van der Waals surface area contributed by atoms with Crippen molar-refractivity contribution >= 4 is 16.7 Å². The van der Waals surface area contributed by atoms with Gasteiger partial charge in [-0.3, -0.25) is 0 Å². The summed E-state index contributed by atoms with van der Waals surface area (Å²) in [5.74, 6) is -1.03. The molecular weight excluding hydrogens is 418 g/mol. The molecular formula is C27H32NO5-. The SMILES string of the molecule is O=C([O-])Cc1c(CCCCCCNCC(O)c2ccc(O)c(CO)c2)ccc2ccccc12. The Balaban J connectivity index is 1.39. The molecule has 0 aliphatic heterocycles. The van der Waals surface area contributed by atoms with Gasteiger partial charge < -0.3 is 30.5 Å². The van der Waals surface area contributed by atoms with Gasteiger partial charge >= 0.3 is 0 Å². The largest absolute Gasteiger partial charge is 0.550 e. The lowest BCUT2D eigenvalue weighted by Crippen LogP contribution is -2.25. The summed E-state index contributed by atoms with van der Waals surface area (Å²) in [6.45, 7) is 0.918. The standard InChI is InChI=1S/C27H33NO5/c29-18-22-15-21(12-13-25(22)30)26(31)17-28-14-6-2-1-3-7-20-11-10-19-8-4-5-9-23(19)24(20)16-27(32)33/h4-5,8-13,15,26,28-31H,1-3,6-7,14,16-18H2,(H,32,33)/p-1. The van der Waals surface area contributed by atoms with Crippen LogP contribution in [0.4, 0.5) is 0 Å². The number of hydrogen-bond acceptors (Lipinski definition) is 6. The molecule has 0 aliphatic rings. The summed E-state index contributed by atoms with van der Waals surface area (Å²) in [6, 6.07) is 16.7. The van der Waals surface area contributed by atoms with Crippen LogP contribution in [0.15, 0.2) is 54.6 Å². The van der Waals surface area contributed by atoms with Crippen LogP contribution in [0.25, 0.3) is 10.8 Å². The number of nitrogens with one attached hydrogen (secondary N) is 1. The van der Waals surface area contributed by atoms with Crippen LogP contribution in [0.5, 0.6) is 5.75 Å². The van der Waals surface area contributed by atoms with Crippen molar-refractivity contribution in [3.8, 4) is 5.75 Å². The van der Waals surface area contributed by atoms with Gasteiger partial charge in [0.1, 0.15) is 5.75 Å². The molecule has 3 aromatic rings. The van der Waals surface area contributed by atoms with E-state index in [1.807, 2.05) is 30.3 Å². The zero-order chi connectivity index (χ0) is 23.6. The fourth-order valence-electron chi connectivity index (χ4n) is 4.18. The van der Waals surface area contributed by atoms with Crippen LogP contribution >= 0.6 is 0 Å². The van der Waals surface area contributed by atoms with E-state index in [0.717, 1.165) is 60.5 Å². The Bertz CT molecular complexity index is 1070. The Kier molecular flexibility index (Phi) is 9.24. The molecule has 0 fully saturated rings. The summed E-state index contributed by atoms with van der Waals surface area (Å²) in [7, 11) is 0. The molecule has 6 heteroatoms. The highest BCUT2D eigenvalue weighted by Gasteiger charge is 2.10. The topological polar surface area (TPSA) is 113 Å². The first-order chi connectivity index (χ1) is 16.0. The molecule has 6 nitrogen and oxygen atoms in total. The van der Waals surface area contributed by atoms with Crippen molar-refractivity contribution in [2.75, 3.05) is 13.1 Å². The van der Waals surface area contributed by atoms with E-state index in [1.165, 1.54) is 6.07 Å². The predicted molar refractivity (Wildman–Crippen MR) is 127 cm³/mol. The predicted octanol–water partition coefficient (Wildman–Crippen LogP) is 2.76. The van der Waals surface area contributed by atoms with Gasteiger partial charge in [-0.15, -0.1) is 0 Å². The number of hydrogen-bond donors (Lipinski definition) is 4. The Morgan fingerprint density at radius 1 is 0.970 bits per heavy atom. The maximum Gasteiger partial charge on any atom is 0.121 e. The van der Waals surface area contributed by atoms with Crippen molar-refractivity contribution in [1.82, 2.24) is 5.32 Å². The fraction of sp³-hybridized carbons (Fsp3) is 0.370. The van der Waals surface area contributed by atoms with E-state index in [-0.39, 0.29) is 18.8 Å². The summed E-state index contributed by atoms with van der Waals surface area (Å²) >= 11 is 0. The Morgan fingerprint density at radius 3 is 2.55 bits per heavy atom. The van der Waals surface area contributed by atoms with Crippen molar-refractivity contribution < 1.29 is 25.2 Å². The Morgan fingerprint density at radius 2 is 1.76 bits per heavy atom. The molecule has 4 N–H and O–H groups in total. The van der Waals surface area contributed by atoms with Gasteiger partial charge in [0.15, 0.2) is 0 Å².